The molecule has 0 bridgehead atoms. The number of benzene rings is 1. The fourth-order valence-electron chi connectivity index (χ4n) is 2.90. The van der Waals surface area contributed by atoms with Crippen LogP contribution in [0.15, 0.2) is 33.9 Å². The van der Waals surface area contributed by atoms with E-state index in [9.17, 15) is 14.7 Å². The van der Waals surface area contributed by atoms with E-state index in [1.165, 1.54) is 16.2 Å². The van der Waals surface area contributed by atoms with E-state index in [2.05, 4.69) is 15.3 Å². The Bertz CT molecular complexity index is 1080. The van der Waals surface area contributed by atoms with Crippen LogP contribution in [0.1, 0.15) is 5.56 Å². The van der Waals surface area contributed by atoms with Gasteiger partial charge in [-0.1, -0.05) is 18.2 Å². The zero-order valence-electron chi connectivity index (χ0n) is 15.8. The number of nitrogens with zero attached hydrogens (tertiary/aromatic N) is 3. The number of anilines is 1. The van der Waals surface area contributed by atoms with Crippen molar-refractivity contribution in [3.63, 3.8) is 0 Å². The highest BCUT2D eigenvalue weighted by Gasteiger charge is 2.19. The zero-order chi connectivity index (χ0) is 20.3. The van der Waals surface area contributed by atoms with Crippen molar-refractivity contribution in [3.8, 4) is 5.75 Å². The maximum absolute atomic E-state index is 12.4. The molecular weight excluding hydrogens is 364 g/mol. The number of fused-ring (bicyclic) bond motifs is 1. The fourth-order valence-corrected chi connectivity index (χ4v) is 2.90. The summed E-state index contributed by atoms with van der Waals surface area (Å²) in [7, 11) is 1.52. The van der Waals surface area contributed by atoms with Gasteiger partial charge in [0.05, 0.1) is 6.54 Å². The number of ether oxygens (including phenoxy) is 1. The molecule has 2 aromatic heterocycles. The van der Waals surface area contributed by atoms with Gasteiger partial charge in [0.25, 0.3) is 5.56 Å². The van der Waals surface area contributed by atoms with Crippen LogP contribution >= 0.6 is 0 Å². The van der Waals surface area contributed by atoms with E-state index in [0.29, 0.717) is 24.8 Å². The molecule has 150 valence electrons. The number of rotatable bonds is 8. The van der Waals surface area contributed by atoms with Crippen LogP contribution < -0.4 is 27.0 Å². The van der Waals surface area contributed by atoms with Crippen LogP contribution in [0.5, 0.6) is 5.75 Å². The SMILES string of the molecule is Cc1ccccc1OC[C@@H](O)Cn1c(NCCN)nc2c1c(=O)[nH]c(=O)n2C. The number of para-hydroxylation sites is 1. The fraction of sp³-hybridized carbons (Fsp3) is 0.389. The summed E-state index contributed by atoms with van der Waals surface area (Å²) >= 11 is 0. The topological polar surface area (TPSA) is 140 Å². The molecule has 3 aromatic rings. The first-order chi connectivity index (χ1) is 13.4. The van der Waals surface area contributed by atoms with Crippen molar-refractivity contribution in [1.29, 1.82) is 0 Å². The summed E-state index contributed by atoms with van der Waals surface area (Å²) in [5, 5.41) is 13.5. The summed E-state index contributed by atoms with van der Waals surface area (Å²) in [5.74, 6) is 1.03. The average Bonchev–Trinajstić information content (AvgIpc) is 3.02. The number of hydrogen-bond acceptors (Lipinski definition) is 7. The predicted molar refractivity (Wildman–Crippen MR) is 106 cm³/mol. The lowest BCUT2D eigenvalue weighted by molar-refractivity contribution is 0.0935. The minimum atomic E-state index is -0.910. The molecule has 0 aliphatic carbocycles. The number of H-pyrrole nitrogens is 1. The van der Waals surface area contributed by atoms with Crippen molar-refractivity contribution in [2.45, 2.75) is 19.6 Å². The number of aryl methyl sites for hydroxylation is 2. The smallest absolute Gasteiger partial charge is 0.329 e. The third-order valence-corrected chi connectivity index (χ3v) is 4.35. The molecule has 0 fully saturated rings. The summed E-state index contributed by atoms with van der Waals surface area (Å²) in [4.78, 5) is 30.8. The monoisotopic (exact) mass is 388 g/mol. The molecule has 28 heavy (non-hydrogen) atoms. The van der Waals surface area contributed by atoms with E-state index in [1.807, 2.05) is 31.2 Å². The molecule has 3 rings (SSSR count). The van der Waals surface area contributed by atoms with E-state index < -0.39 is 17.4 Å². The molecule has 0 unspecified atom stereocenters. The van der Waals surface area contributed by atoms with Crippen LogP contribution in [0.25, 0.3) is 11.2 Å². The molecule has 0 aliphatic heterocycles. The van der Waals surface area contributed by atoms with Crippen LogP contribution in [0.2, 0.25) is 0 Å². The van der Waals surface area contributed by atoms with Gasteiger partial charge >= 0.3 is 5.69 Å². The molecule has 0 saturated carbocycles. The van der Waals surface area contributed by atoms with Crippen LogP contribution in [0, 0.1) is 6.92 Å². The molecular formula is C18H24N6O4. The highest BCUT2D eigenvalue weighted by atomic mass is 16.5. The van der Waals surface area contributed by atoms with Gasteiger partial charge in [-0.15, -0.1) is 0 Å². The molecule has 1 atom stereocenters. The van der Waals surface area contributed by atoms with Crippen molar-refractivity contribution >= 4 is 17.1 Å². The maximum Gasteiger partial charge on any atom is 0.329 e. The Morgan fingerprint density at radius 3 is 2.82 bits per heavy atom. The van der Waals surface area contributed by atoms with Crippen LogP contribution in [-0.2, 0) is 13.6 Å². The highest BCUT2D eigenvalue weighted by Crippen LogP contribution is 2.18. The predicted octanol–water partition coefficient (Wildman–Crippen LogP) is -0.458. The van der Waals surface area contributed by atoms with Gasteiger partial charge in [-0.2, -0.15) is 4.98 Å². The summed E-state index contributed by atoms with van der Waals surface area (Å²) in [5.41, 5.74) is 5.78. The Balaban J connectivity index is 1.90. The first-order valence-corrected chi connectivity index (χ1v) is 8.92. The highest BCUT2D eigenvalue weighted by molar-refractivity contribution is 5.74. The second-order valence-electron chi connectivity index (χ2n) is 6.48. The van der Waals surface area contributed by atoms with E-state index in [-0.39, 0.29) is 24.3 Å². The number of nitrogens with one attached hydrogen (secondary N) is 2. The van der Waals surface area contributed by atoms with Gasteiger partial charge in [0.2, 0.25) is 5.95 Å². The Kier molecular flexibility index (Phi) is 5.81. The normalized spacial score (nSPS) is 12.3. The number of aromatic nitrogens is 4. The molecule has 0 saturated heterocycles. The second kappa shape index (κ2) is 8.28. The number of aliphatic hydroxyl groups is 1. The zero-order valence-corrected chi connectivity index (χ0v) is 15.8. The quantitative estimate of drug-likeness (QED) is 0.409. The number of nitrogens with two attached hydrogens (primary N) is 1. The molecule has 1 aromatic carbocycles. The van der Waals surface area contributed by atoms with Crippen LogP contribution in [0.4, 0.5) is 5.95 Å². The van der Waals surface area contributed by atoms with Gasteiger partial charge < -0.3 is 25.5 Å². The third kappa shape index (κ3) is 3.92. The second-order valence-corrected chi connectivity index (χ2v) is 6.48. The van der Waals surface area contributed by atoms with Gasteiger partial charge in [-0.25, -0.2) is 4.79 Å². The van der Waals surface area contributed by atoms with Gasteiger partial charge in [-0.3, -0.25) is 14.3 Å². The molecule has 10 heteroatoms. The van der Waals surface area contributed by atoms with Crippen molar-refractivity contribution < 1.29 is 9.84 Å². The number of imidazole rings is 1. The first-order valence-electron chi connectivity index (χ1n) is 8.92. The Morgan fingerprint density at radius 2 is 2.11 bits per heavy atom. The van der Waals surface area contributed by atoms with Gasteiger partial charge in [-0.05, 0) is 18.6 Å². The molecule has 0 aliphatic rings. The largest absolute Gasteiger partial charge is 0.491 e. The average molecular weight is 388 g/mol. The summed E-state index contributed by atoms with van der Waals surface area (Å²) in [6.45, 7) is 2.78. The van der Waals surface area contributed by atoms with Gasteiger partial charge in [0.1, 0.15) is 18.5 Å². The van der Waals surface area contributed by atoms with Crippen LogP contribution in [0.3, 0.4) is 0 Å². The third-order valence-electron chi connectivity index (χ3n) is 4.35. The summed E-state index contributed by atoms with van der Waals surface area (Å²) in [6, 6.07) is 7.50. The first kappa shape index (κ1) is 19.6. The van der Waals surface area contributed by atoms with E-state index >= 15 is 0 Å². The lowest BCUT2D eigenvalue weighted by atomic mass is 10.2. The number of aromatic amines is 1. The Labute approximate surface area is 160 Å². The lowest BCUT2D eigenvalue weighted by Gasteiger charge is -2.16. The van der Waals surface area contributed by atoms with Gasteiger partial charge in [0.15, 0.2) is 11.2 Å². The minimum Gasteiger partial charge on any atom is -0.491 e. The maximum atomic E-state index is 12.4. The van der Waals surface area contributed by atoms with E-state index in [1.54, 1.807) is 0 Å². The minimum absolute atomic E-state index is 0.0323. The summed E-state index contributed by atoms with van der Waals surface area (Å²) < 4.78 is 8.47. The molecule has 2 heterocycles. The molecule has 0 amide bonds. The standard InChI is InChI=1S/C18H24N6O4/c1-11-5-3-4-6-13(11)28-10-12(25)9-24-14-15(21-17(24)20-8-7-19)23(2)18(27)22-16(14)26/h3-6,12,25H,7-10,19H2,1-2H3,(H,20,21)(H,22,26,27)/t12-/m0/s1. The Hall–Kier alpha value is -3.11. The van der Waals surface area contributed by atoms with Gasteiger partial charge in [0, 0.05) is 20.1 Å². The summed E-state index contributed by atoms with van der Waals surface area (Å²) in [6.07, 6.45) is -0.910. The van der Waals surface area contributed by atoms with E-state index in [4.69, 9.17) is 10.5 Å². The lowest BCUT2D eigenvalue weighted by Crippen LogP contribution is -2.31. The van der Waals surface area contributed by atoms with Crippen LogP contribution in [-0.4, -0.2) is 50.0 Å². The number of aliphatic hydroxyl groups excluding tert-OH is 1. The molecule has 0 radical (unpaired) electrons. The molecule has 10 nitrogen and oxygen atoms in total. The van der Waals surface area contributed by atoms with Crippen molar-refractivity contribution in [3.05, 3.63) is 50.7 Å². The number of hydrogen-bond donors (Lipinski definition) is 4. The van der Waals surface area contributed by atoms with Crippen molar-refractivity contribution in [2.24, 2.45) is 12.8 Å². The van der Waals surface area contributed by atoms with Crippen molar-refractivity contribution in [1.82, 2.24) is 19.1 Å². The van der Waals surface area contributed by atoms with Crippen molar-refractivity contribution in [2.75, 3.05) is 25.0 Å². The molecule has 5 N–H and O–H groups in total. The molecule has 0 spiro atoms. The Morgan fingerprint density at radius 1 is 1.36 bits per heavy atom. The van der Waals surface area contributed by atoms with E-state index in [0.717, 1.165) is 5.56 Å².